The molecule has 0 saturated carbocycles. The average molecular weight is 315 g/mol. The molecular formula is C15H29N3O2S. The Kier molecular flexibility index (Phi) is 8.84. The van der Waals surface area contributed by atoms with Crippen molar-refractivity contribution in [3.63, 3.8) is 0 Å². The number of hydrogen-bond acceptors (Lipinski definition) is 6. The van der Waals surface area contributed by atoms with E-state index in [0.717, 1.165) is 31.1 Å². The molecule has 0 amide bonds. The van der Waals surface area contributed by atoms with Gasteiger partial charge in [-0.05, 0) is 20.4 Å². The van der Waals surface area contributed by atoms with Crippen LogP contribution in [0.4, 0.5) is 5.13 Å². The third kappa shape index (κ3) is 5.54. The van der Waals surface area contributed by atoms with Crippen molar-refractivity contribution < 1.29 is 9.47 Å². The van der Waals surface area contributed by atoms with Crippen molar-refractivity contribution in [1.29, 1.82) is 0 Å². The van der Waals surface area contributed by atoms with Crippen LogP contribution in [-0.2, 0) is 22.4 Å². The fraction of sp³-hybridized carbons (Fsp3) is 0.800. The minimum absolute atomic E-state index is 0.285. The first-order valence-electron chi connectivity index (χ1n) is 7.55. The molecule has 1 aromatic rings. The van der Waals surface area contributed by atoms with Crippen molar-refractivity contribution in [2.24, 2.45) is 0 Å². The monoisotopic (exact) mass is 315 g/mol. The van der Waals surface area contributed by atoms with Gasteiger partial charge in [0.2, 0.25) is 0 Å². The first kappa shape index (κ1) is 18.4. The number of ether oxygens (including phenoxy) is 2. The molecule has 0 aliphatic rings. The maximum absolute atomic E-state index is 5.30. The molecule has 6 heteroatoms. The molecular weight excluding hydrogens is 286 g/mol. The fourth-order valence-corrected chi connectivity index (χ4v) is 3.50. The van der Waals surface area contributed by atoms with Gasteiger partial charge < -0.3 is 19.7 Å². The Labute approximate surface area is 132 Å². The van der Waals surface area contributed by atoms with Gasteiger partial charge >= 0.3 is 0 Å². The molecule has 21 heavy (non-hydrogen) atoms. The van der Waals surface area contributed by atoms with Gasteiger partial charge in [-0.2, -0.15) is 0 Å². The second kappa shape index (κ2) is 10.1. The highest BCUT2D eigenvalue weighted by Gasteiger charge is 2.20. The zero-order valence-corrected chi connectivity index (χ0v) is 14.8. The molecule has 0 radical (unpaired) electrons. The lowest BCUT2D eigenvalue weighted by Crippen LogP contribution is -2.38. The van der Waals surface area contributed by atoms with Crippen LogP contribution in [0.2, 0.25) is 0 Å². The van der Waals surface area contributed by atoms with Gasteiger partial charge in [0.1, 0.15) is 0 Å². The molecule has 122 valence electrons. The topological polar surface area (TPSA) is 46.6 Å². The van der Waals surface area contributed by atoms with Crippen LogP contribution in [0.25, 0.3) is 0 Å². The molecule has 1 rings (SSSR count). The van der Waals surface area contributed by atoms with Crippen molar-refractivity contribution in [2.75, 3.05) is 45.9 Å². The summed E-state index contributed by atoms with van der Waals surface area (Å²) in [6.45, 7) is 7.45. The zero-order valence-electron chi connectivity index (χ0n) is 13.9. The second-order valence-electron chi connectivity index (χ2n) is 5.14. The summed E-state index contributed by atoms with van der Waals surface area (Å²) in [5, 5.41) is 4.31. The summed E-state index contributed by atoms with van der Waals surface area (Å²) in [4.78, 5) is 8.49. The summed E-state index contributed by atoms with van der Waals surface area (Å²) >= 11 is 1.78. The summed E-state index contributed by atoms with van der Waals surface area (Å²) in [6.07, 6.45) is 2.15. The number of rotatable bonds is 11. The van der Waals surface area contributed by atoms with E-state index in [1.807, 2.05) is 7.05 Å². The summed E-state index contributed by atoms with van der Waals surface area (Å²) in [5.41, 5.74) is 1.22. The van der Waals surface area contributed by atoms with Gasteiger partial charge in [-0.3, -0.25) is 0 Å². The Morgan fingerprint density at radius 1 is 1.33 bits per heavy atom. The molecule has 0 saturated heterocycles. The second-order valence-corrected chi connectivity index (χ2v) is 6.20. The molecule has 0 fully saturated rings. The molecule has 0 spiro atoms. The Bertz CT molecular complexity index is 375. The Hall–Kier alpha value is -0.690. The number of thiazole rings is 1. The quantitative estimate of drug-likeness (QED) is 0.679. The third-order valence-electron chi connectivity index (χ3n) is 3.31. The van der Waals surface area contributed by atoms with E-state index >= 15 is 0 Å². The predicted octanol–water partition coefficient (Wildman–Crippen LogP) is 2.30. The smallest absolute Gasteiger partial charge is 0.186 e. The summed E-state index contributed by atoms with van der Waals surface area (Å²) in [6, 6.07) is 0.285. The van der Waals surface area contributed by atoms with E-state index in [9.17, 15) is 0 Å². The van der Waals surface area contributed by atoms with Gasteiger partial charge in [0, 0.05) is 32.2 Å². The summed E-state index contributed by atoms with van der Waals surface area (Å²) in [7, 11) is 5.45. The first-order valence-corrected chi connectivity index (χ1v) is 8.37. The number of methoxy groups -OCH3 is 2. The maximum Gasteiger partial charge on any atom is 0.186 e. The minimum Gasteiger partial charge on any atom is -0.383 e. The van der Waals surface area contributed by atoms with Gasteiger partial charge in [-0.1, -0.05) is 13.3 Å². The van der Waals surface area contributed by atoms with Gasteiger partial charge in [0.25, 0.3) is 0 Å². The third-order valence-corrected chi connectivity index (χ3v) is 4.45. The molecule has 1 unspecified atom stereocenters. The Morgan fingerprint density at radius 2 is 2.10 bits per heavy atom. The lowest BCUT2D eigenvalue weighted by atomic mass is 10.2. The van der Waals surface area contributed by atoms with Gasteiger partial charge in [0.15, 0.2) is 5.13 Å². The van der Waals surface area contributed by atoms with Gasteiger partial charge in [-0.25, -0.2) is 4.98 Å². The van der Waals surface area contributed by atoms with Crippen molar-refractivity contribution in [3.05, 3.63) is 10.6 Å². The lowest BCUT2D eigenvalue weighted by molar-refractivity contribution is 0.171. The largest absolute Gasteiger partial charge is 0.383 e. The zero-order chi connectivity index (χ0) is 15.7. The van der Waals surface area contributed by atoms with Crippen molar-refractivity contribution in [3.8, 4) is 0 Å². The van der Waals surface area contributed by atoms with E-state index in [-0.39, 0.29) is 6.04 Å². The van der Waals surface area contributed by atoms with Crippen molar-refractivity contribution >= 4 is 16.5 Å². The van der Waals surface area contributed by atoms with Gasteiger partial charge in [-0.15, -0.1) is 11.3 Å². The maximum atomic E-state index is 5.30. The van der Waals surface area contributed by atoms with Gasteiger partial charge in [0.05, 0.1) is 24.9 Å². The number of aryl methyl sites for hydroxylation is 1. The summed E-state index contributed by atoms with van der Waals surface area (Å²) in [5.74, 6) is 0. The summed E-state index contributed by atoms with van der Waals surface area (Å²) < 4.78 is 10.5. The lowest BCUT2D eigenvalue weighted by Gasteiger charge is -2.28. The Balaban J connectivity index is 2.96. The van der Waals surface area contributed by atoms with Crippen LogP contribution in [0.5, 0.6) is 0 Å². The van der Waals surface area contributed by atoms with Crippen LogP contribution in [0.1, 0.15) is 30.8 Å². The van der Waals surface area contributed by atoms with Crippen LogP contribution in [0, 0.1) is 0 Å². The standard InChI is InChI=1S/C15H29N3O2S/c1-6-7-13-14(10-16-3)21-15(17-13)18(8-9-19-4)12(2)11-20-5/h12,16H,6-11H2,1-5H3. The molecule has 1 N–H and O–H groups in total. The van der Waals surface area contributed by atoms with E-state index in [0.29, 0.717) is 13.2 Å². The van der Waals surface area contributed by atoms with Crippen LogP contribution >= 0.6 is 11.3 Å². The number of nitrogens with one attached hydrogen (secondary N) is 1. The normalized spacial score (nSPS) is 12.6. The molecule has 1 atom stereocenters. The first-order chi connectivity index (χ1) is 10.2. The van der Waals surface area contributed by atoms with E-state index in [2.05, 4.69) is 24.1 Å². The van der Waals surface area contributed by atoms with E-state index in [4.69, 9.17) is 14.5 Å². The van der Waals surface area contributed by atoms with E-state index in [1.165, 1.54) is 10.6 Å². The molecule has 0 aliphatic heterocycles. The van der Waals surface area contributed by atoms with Crippen LogP contribution in [-0.4, -0.2) is 52.1 Å². The Morgan fingerprint density at radius 3 is 2.67 bits per heavy atom. The predicted molar refractivity (Wildman–Crippen MR) is 89.4 cm³/mol. The SMILES string of the molecule is CCCc1nc(N(CCOC)C(C)COC)sc1CNC. The molecule has 1 aromatic heterocycles. The van der Waals surface area contributed by atoms with Crippen molar-refractivity contribution in [2.45, 2.75) is 39.3 Å². The average Bonchev–Trinajstić information content (AvgIpc) is 2.83. The number of aromatic nitrogens is 1. The van der Waals surface area contributed by atoms with E-state index < -0.39 is 0 Å². The highest BCUT2D eigenvalue weighted by atomic mass is 32.1. The number of anilines is 1. The molecule has 1 heterocycles. The van der Waals surface area contributed by atoms with Crippen LogP contribution in [0.15, 0.2) is 0 Å². The molecule has 0 aliphatic carbocycles. The van der Waals surface area contributed by atoms with Crippen LogP contribution in [0.3, 0.4) is 0 Å². The van der Waals surface area contributed by atoms with E-state index in [1.54, 1.807) is 25.6 Å². The molecule has 5 nitrogen and oxygen atoms in total. The fourth-order valence-electron chi connectivity index (χ4n) is 2.25. The highest BCUT2D eigenvalue weighted by Crippen LogP contribution is 2.28. The minimum atomic E-state index is 0.285. The molecule has 0 bridgehead atoms. The highest BCUT2D eigenvalue weighted by molar-refractivity contribution is 7.15. The van der Waals surface area contributed by atoms with Crippen LogP contribution < -0.4 is 10.2 Å². The molecule has 0 aromatic carbocycles. The number of nitrogens with zero attached hydrogens (tertiary/aromatic N) is 2. The number of hydrogen-bond donors (Lipinski definition) is 1. The van der Waals surface area contributed by atoms with Crippen molar-refractivity contribution in [1.82, 2.24) is 10.3 Å².